The monoisotopic (exact) mass is 96.9 g/mol. The van der Waals surface area contributed by atoms with Crippen molar-refractivity contribution < 1.29 is 43.3 Å². The molecule has 0 aromatic rings. The molecule has 0 aromatic carbocycles. The molecule has 0 radical (unpaired) electrons. The normalized spacial score (nSPS) is 1.00. The van der Waals surface area contributed by atoms with Gasteiger partial charge in [0.25, 0.3) is 0 Å². The number of hydrogen-bond acceptors (Lipinski definition) is 1. The Labute approximate surface area is 43.7 Å². The molecule has 4 heavy (non-hydrogen) atoms. The van der Waals surface area contributed by atoms with Gasteiger partial charge in [-0.3, -0.25) is 0 Å². The van der Waals surface area contributed by atoms with Crippen LogP contribution in [-0.2, 0) is 19.8 Å². The molecule has 0 aliphatic rings. The topological polar surface area (TPSA) is 17.1 Å². The van der Waals surface area contributed by atoms with Crippen LogP contribution in [0, 0.1) is 0 Å². The van der Waals surface area contributed by atoms with E-state index in [4.69, 9.17) is 3.83 Å². The summed E-state index contributed by atoms with van der Waals surface area (Å²) < 4.78 is 8.06. The van der Waals surface area contributed by atoms with Crippen LogP contribution in [0.4, 0.5) is 0 Å². The molecular formula is FLiMnO. The van der Waals surface area contributed by atoms with Crippen molar-refractivity contribution in [3.8, 4) is 0 Å². The molecule has 0 N–H and O–H groups in total. The predicted molar refractivity (Wildman–Crippen MR) is 0.686 cm³/mol. The molecule has 0 aliphatic heterocycles. The Kier molecular flexibility index (Phi) is 229. The van der Waals surface area contributed by atoms with Crippen molar-refractivity contribution in [2.75, 3.05) is 0 Å². The summed E-state index contributed by atoms with van der Waals surface area (Å²) in [6.45, 7) is 0. The molecule has 0 heterocycles. The van der Waals surface area contributed by atoms with Crippen LogP contribution in [0.25, 0.3) is 0 Å². The molecule has 0 fully saturated rings. The molecule has 21 valence electrons. The van der Waals surface area contributed by atoms with Crippen LogP contribution in [0.1, 0.15) is 0 Å². The van der Waals surface area contributed by atoms with Crippen molar-refractivity contribution in [2.45, 2.75) is 0 Å². The third kappa shape index (κ3) is 13.5. The molecule has 0 rings (SSSR count). The Morgan fingerprint density at radius 3 is 1.25 bits per heavy atom. The number of halogens is 1. The zero-order valence-electron chi connectivity index (χ0n) is 2.16. The van der Waals surface area contributed by atoms with Gasteiger partial charge in [0.05, 0.1) is 0 Å². The first kappa shape index (κ1) is 21.0. The Hall–Kier alpha value is 0.847. The van der Waals surface area contributed by atoms with Crippen LogP contribution in [0.3, 0.4) is 0 Å². The first-order valence-corrected chi connectivity index (χ1v) is 0.636. The molecule has 0 bridgehead atoms. The second-order valence-electron chi connectivity index (χ2n) is 0. The van der Waals surface area contributed by atoms with Gasteiger partial charge >= 0.3 is 38.6 Å². The third-order valence-corrected chi connectivity index (χ3v) is 0. The molecule has 0 unspecified atom stereocenters. The fourth-order valence-electron chi connectivity index (χ4n) is 0. The van der Waals surface area contributed by atoms with E-state index < -0.39 is 0 Å². The molecule has 0 amide bonds. The average molecular weight is 96.9 g/mol. The van der Waals surface area contributed by atoms with Crippen LogP contribution < -0.4 is 23.6 Å². The molecule has 0 aromatic heterocycles. The summed E-state index contributed by atoms with van der Waals surface area (Å²) in [7, 11) is 0. The van der Waals surface area contributed by atoms with E-state index >= 15 is 0 Å². The van der Waals surface area contributed by atoms with Gasteiger partial charge in [-0.25, -0.2) is 0 Å². The summed E-state index contributed by atoms with van der Waals surface area (Å²) in [5, 5.41) is 0. The quantitative estimate of drug-likeness (QED) is 0.275. The zero-order chi connectivity index (χ0) is 2.00. The van der Waals surface area contributed by atoms with Crippen LogP contribution >= 0.6 is 0 Å². The van der Waals surface area contributed by atoms with Gasteiger partial charge < -0.3 is 4.70 Å². The maximum atomic E-state index is 8.06. The van der Waals surface area contributed by atoms with Gasteiger partial charge in [0.1, 0.15) is 0 Å². The van der Waals surface area contributed by atoms with Crippen molar-refractivity contribution in [2.24, 2.45) is 0 Å². The van der Waals surface area contributed by atoms with Gasteiger partial charge in [0.2, 0.25) is 0 Å². The Morgan fingerprint density at radius 1 is 1.25 bits per heavy atom. The number of hydrogen-bond donors (Lipinski definition) is 0. The van der Waals surface area contributed by atoms with Gasteiger partial charge in [0, 0.05) is 0 Å². The standard InChI is InChI=1S/FH.Li.Mn.O/h1H;;;/q;+1;;/p-1. The van der Waals surface area contributed by atoms with Crippen molar-refractivity contribution in [1.29, 1.82) is 0 Å². The van der Waals surface area contributed by atoms with E-state index in [1.165, 1.54) is 0 Å². The zero-order valence-corrected chi connectivity index (χ0v) is 3.34. The fraction of sp³-hybridized carbons (Fsp3) is 0. The Balaban J connectivity index is -0.00000000500. The molecule has 0 aliphatic carbocycles. The molecular weight excluding hydrogens is 96.9 g/mol. The molecule has 4 heteroatoms. The van der Waals surface area contributed by atoms with Gasteiger partial charge in [-0.15, -0.1) is 0 Å². The Morgan fingerprint density at radius 2 is 1.25 bits per heavy atom. The van der Waals surface area contributed by atoms with E-state index in [-0.39, 0.29) is 23.6 Å². The van der Waals surface area contributed by atoms with E-state index in [0.717, 1.165) is 0 Å². The first-order valence-electron chi connectivity index (χ1n) is 0.154. The van der Waals surface area contributed by atoms with Crippen molar-refractivity contribution >= 4 is 0 Å². The van der Waals surface area contributed by atoms with Crippen molar-refractivity contribution in [1.82, 2.24) is 0 Å². The van der Waals surface area contributed by atoms with Crippen molar-refractivity contribution in [3.63, 3.8) is 0 Å². The molecule has 0 saturated heterocycles. The van der Waals surface area contributed by atoms with Crippen LogP contribution in [0.15, 0.2) is 0 Å². The SMILES string of the molecule is [F-].[Li+].[O]=[Mn]. The summed E-state index contributed by atoms with van der Waals surface area (Å²) in [5.41, 5.74) is 0. The maximum absolute atomic E-state index is 8.06. The predicted octanol–water partition coefficient (Wildman–Crippen LogP) is -6.11. The molecule has 1 nitrogen and oxygen atoms in total. The average Bonchev–Trinajstić information content (AvgIpc) is 1.00. The summed E-state index contributed by atoms with van der Waals surface area (Å²) in [6.07, 6.45) is 0. The van der Waals surface area contributed by atoms with Crippen molar-refractivity contribution in [3.05, 3.63) is 0 Å². The van der Waals surface area contributed by atoms with Gasteiger partial charge in [0.15, 0.2) is 0 Å². The van der Waals surface area contributed by atoms with E-state index in [0.29, 0.717) is 0 Å². The Bertz CT molecular complexity index is 8.00. The second-order valence-corrected chi connectivity index (χ2v) is 0. The van der Waals surface area contributed by atoms with E-state index in [1.807, 2.05) is 0 Å². The minimum absolute atomic E-state index is 0. The second kappa shape index (κ2) is 43.5. The minimum atomic E-state index is 0. The van der Waals surface area contributed by atoms with Gasteiger partial charge in [-0.2, -0.15) is 0 Å². The summed E-state index contributed by atoms with van der Waals surface area (Å²) >= 11 is 1.69. The van der Waals surface area contributed by atoms with E-state index in [9.17, 15) is 0 Å². The summed E-state index contributed by atoms with van der Waals surface area (Å²) in [6, 6.07) is 0. The van der Waals surface area contributed by atoms with Gasteiger partial charge in [-0.05, 0) is 0 Å². The van der Waals surface area contributed by atoms with Gasteiger partial charge in [-0.1, -0.05) is 0 Å². The van der Waals surface area contributed by atoms with Crippen LogP contribution in [-0.4, -0.2) is 0 Å². The molecule has 0 saturated carbocycles. The molecule has 0 spiro atoms. The molecule has 0 atom stereocenters. The van der Waals surface area contributed by atoms with E-state index in [2.05, 4.69) is 0 Å². The van der Waals surface area contributed by atoms with Crippen LogP contribution in [0.5, 0.6) is 0 Å². The summed E-state index contributed by atoms with van der Waals surface area (Å²) in [5.74, 6) is 0. The fourth-order valence-corrected chi connectivity index (χ4v) is 0. The first-order chi connectivity index (χ1) is 1.00. The third-order valence-electron chi connectivity index (χ3n) is 0. The van der Waals surface area contributed by atoms with E-state index in [1.54, 1.807) is 15.9 Å². The van der Waals surface area contributed by atoms with Crippen LogP contribution in [0.2, 0.25) is 0 Å². The number of rotatable bonds is 0. The summed E-state index contributed by atoms with van der Waals surface area (Å²) in [4.78, 5) is 0.